The van der Waals surface area contributed by atoms with Crippen molar-refractivity contribution < 1.29 is 13.6 Å². The normalized spacial score (nSPS) is 13.4. The summed E-state index contributed by atoms with van der Waals surface area (Å²) in [4.78, 5) is 12.7. The molecule has 0 saturated heterocycles. The van der Waals surface area contributed by atoms with Gasteiger partial charge < -0.3 is 8.85 Å². The van der Waals surface area contributed by atoms with Gasteiger partial charge in [-0.25, -0.2) is 0 Å². The molecule has 0 N–H and O–H groups in total. The quantitative estimate of drug-likeness (QED) is 0.560. The zero-order chi connectivity index (χ0) is 16.0. The van der Waals surface area contributed by atoms with Crippen molar-refractivity contribution >= 4 is 14.3 Å². The summed E-state index contributed by atoms with van der Waals surface area (Å²) in [6, 6.07) is 17.5. The first kappa shape index (κ1) is 16.5. The number of para-hydroxylation sites is 1. The summed E-state index contributed by atoms with van der Waals surface area (Å²) in [5.41, 5.74) is 1.25. The number of benzene rings is 2. The van der Waals surface area contributed by atoms with Crippen molar-refractivity contribution in [2.75, 3.05) is 6.61 Å². The lowest BCUT2D eigenvalue weighted by molar-refractivity contribution is 0.103. The van der Waals surface area contributed by atoms with Gasteiger partial charge in [-0.15, -0.1) is 0 Å². The molecular weight excluding hydrogens is 292 g/mol. The van der Waals surface area contributed by atoms with Gasteiger partial charge in [0.1, 0.15) is 5.75 Å². The van der Waals surface area contributed by atoms with Gasteiger partial charge >= 0.3 is 8.56 Å². The Morgan fingerprint density at radius 1 is 1.00 bits per heavy atom. The summed E-state index contributed by atoms with van der Waals surface area (Å²) in [7, 11) is -2.29. The topological polar surface area (TPSA) is 35.5 Å². The number of rotatable bonds is 7. The van der Waals surface area contributed by atoms with Crippen molar-refractivity contribution in [1.29, 1.82) is 0 Å². The number of carbonyl (C=O) groups is 1. The van der Waals surface area contributed by atoms with E-state index in [4.69, 9.17) is 8.85 Å². The van der Waals surface area contributed by atoms with Crippen LogP contribution in [0.3, 0.4) is 0 Å². The Morgan fingerprint density at radius 3 is 2.27 bits per heavy atom. The van der Waals surface area contributed by atoms with E-state index >= 15 is 0 Å². The zero-order valence-corrected chi connectivity index (χ0v) is 14.3. The van der Waals surface area contributed by atoms with Crippen LogP contribution in [-0.2, 0) is 4.43 Å². The highest BCUT2D eigenvalue weighted by atomic mass is 28.4. The first-order valence-electron chi connectivity index (χ1n) is 7.61. The van der Waals surface area contributed by atoms with E-state index in [-0.39, 0.29) is 5.78 Å². The predicted molar refractivity (Wildman–Crippen MR) is 90.7 cm³/mol. The second-order valence-corrected chi connectivity index (χ2v) is 8.68. The molecule has 0 aliphatic rings. The number of hydrogen-bond acceptors (Lipinski definition) is 3. The molecule has 0 bridgehead atoms. The molecular formula is C18H22O3Si. The predicted octanol–water partition coefficient (Wildman–Crippen LogP) is 4.42. The smallest absolute Gasteiger partial charge is 0.395 e. The Bertz CT molecular complexity index is 627. The lowest BCUT2D eigenvalue weighted by atomic mass is 10.0. The molecule has 2 aromatic rings. The maximum Gasteiger partial charge on any atom is 0.395 e. The third kappa shape index (κ3) is 3.84. The van der Waals surface area contributed by atoms with Crippen LogP contribution in [0, 0.1) is 0 Å². The average molecular weight is 314 g/mol. The Labute approximate surface area is 133 Å². The van der Waals surface area contributed by atoms with Crippen LogP contribution in [0.5, 0.6) is 5.75 Å². The van der Waals surface area contributed by atoms with Gasteiger partial charge in [0.25, 0.3) is 0 Å². The molecule has 2 aromatic carbocycles. The Kier molecular flexibility index (Phi) is 5.52. The largest absolute Gasteiger partial charge is 0.520 e. The molecule has 0 unspecified atom stereocenters. The van der Waals surface area contributed by atoms with Crippen molar-refractivity contribution in [3.63, 3.8) is 0 Å². The van der Waals surface area contributed by atoms with Gasteiger partial charge in [-0.3, -0.25) is 4.79 Å². The molecule has 3 nitrogen and oxygen atoms in total. The van der Waals surface area contributed by atoms with Gasteiger partial charge in [-0.2, -0.15) is 0 Å². The van der Waals surface area contributed by atoms with Crippen LogP contribution in [0.1, 0.15) is 29.8 Å². The van der Waals surface area contributed by atoms with E-state index in [9.17, 15) is 4.79 Å². The molecule has 0 amide bonds. The fourth-order valence-corrected chi connectivity index (χ4v) is 3.89. The summed E-state index contributed by atoms with van der Waals surface area (Å²) < 4.78 is 12.0. The van der Waals surface area contributed by atoms with Gasteiger partial charge in [-0.05, 0) is 31.6 Å². The molecule has 0 heterocycles. The maximum absolute atomic E-state index is 12.7. The third-order valence-corrected chi connectivity index (χ3v) is 6.42. The van der Waals surface area contributed by atoms with Crippen LogP contribution in [-0.4, -0.2) is 21.0 Å². The molecule has 0 spiro atoms. The van der Waals surface area contributed by atoms with E-state index in [0.717, 1.165) is 6.04 Å². The summed E-state index contributed by atoms with van der Waals surface area (Å²) >= 11 is 0. The maximum atomic E-state index is 12.7. The van der Waals surface area contributed by atoms with E-state index in [0.29, 0.717) is 23.5 Å². The van der Waals surface area contributed by atoms with Crippen LogP contribution >= 0.6 is 0 Å². The SMILES string of the molecule is CCO[Si@@](C)(CC)Oc1ccccc1C(=O)c1ccccc1. The second kappa shape index (κ2) is 7.38. The molecule has 0 fully saturated rings. The molecule has 22 heavy (non-hydrogen) atoms. The van der Waals surface area contributed by atoms with Gasteiger partial charge in [0.05, 0.1) is 5.56 Å². The highest BCUT2D eigenvalue weighted by Crippen LogP contribution is 2.26. The Balaban J connectivity index is 2.33. The van der Waals surface area contributed by atoms with Crippen LogP contribution in [0.25, 0.3) is 0 Å². The first-order valence-corrected chi connectivity index (χ1v) is 10.1. The number of carbonyl (C=O) groups excluding carboxylic acids is 1. The first-order chi connectivity index (χ1) is 10.6. The molecule has 0 aliphatic heterocycles. The van der Waals surface area contributed by atoms with E-state index in [1.54, 1.807) is 6.07 Å². The fraction of sp³-hybridized carbons (Fsp3) is 0.278. The summed E-state index contributed by atoms with van der Waals surface area (Å²) in [6.45, 7) is 6.67. The van der Waals surface area contributed by atoms with E-state index in [1.807, 2.05) is 62.0 Å². The van der Waals surface area contributed by atoms with Gasteiger partial charge in [0.2, 0.25) is 0 Å². The molecule has 4 heteroatoms. The van der Waals surface area contributed by atoms with Gasteiger partial charge in [0, 0.05) is 12.2 Å². The number of ketones is 1. The van der Waals surface area contributed by atoms with Crippen molar-refractivity contribution in [2.45, 2.75) is 26.4 Å². The van der Waals surface area contributed by atoms with Gasteiger partial charge in [-0.1, -0.05) is 49.4 Å². The minimum Gasteiger partial charge on any atom is -0.520 e. The molecule has 116 valence electrons. The number of hydrogen-bond donors (Lipinski definition) is 0. The summed E-state index contributed by atoms with van der Waals surface area (Å²) in [5, 5.41) is 0. The lowest BCUT2D eigenvalue weighted by Crippen LogP contribution is -2.41. The van der Waals surface area contributed by atoms with Gasteiger partial charge in [0.15, 0.2) is 5.78 Å². The Hall–Kier alpha value is -1.91. The van der Waals surface area contributed by atoms with E-state index in [1.165, 1.54) is 0 Å². The second-order valence-electron chi connectivity index (χ2n) is 5.21. The third-order valence-electron chi connectivity index (χ3n) is 3.59. The van der Waals surface area contributed by atoms with Crippen molar-refractivity contribution in [1.82, 2.24) is 0 Å². The fourth-order valence-electron chi connectivity index (χ4n) is 2.23. The van der Waals surface area contributed by atoms with Crippen LogP contribution < -0.4 is 4.43 Å². The summed E-state index contributed by atoms with van der Waals surface area (Å²) in [5.74, 6) is 0.584. The van der Waals surface area contributed by atoms with Crippen molar-refractivity contribution in [2.24, 2.45) is 0 Å². The molecule has 0 aliphatic carbocycles. The molecule has 0 aromatic heterocycles. The minimum absolute atomic E-state index is 0.0276. The minimum atomic E-state index is -2.29. The van der Waals surface area contributed by atoms with Crippen molar-refractivity contribution in [3.05, 3.63) is 65.7 Å². The highest BCUT2D eigenvalue weighted by molar-refractivity contribution is 6.66. The van der Waals surface area contributed by atoms with Crippen LogP contribution in [0.2, 0.25) is 12.6 Å². The Morgan fingerprint density at radius 2 is 1.64 bits per heavy atom. The van der Waals surface area contributed by atoms with E-state index in [2.05, 4.69) is 6.92 Å². The van der Waals surface area contributed by atoms with E-state index < -0.39 is 8.56 Å². The zero-order valence-electron chi connectivity index (χ0n) is 13.3. The molecule has 2 rings (SSSR count). The molecule has 0 radical (unpaired) electrons. The van der Waals surface area contributed by atoms with Crippen molar-refractivity contribution in [3.8, 4) is 5.75 Å². The lowest BCUT2D eigenvalue weighted by Gasteiger charge is -2.27. The van der Waals surface area contributed by atoms with Crippen LogP contribution in [0.15, 0.2) is 54.6 Å². The molecule has 1 atom stereocenters. The molecule has 0 saturated carbocycles. The van der Waals surface area contributed by atoms with Crippen LogP contribution in [0.4, 0.5) is 0 Å². The average Bonchev–Trinajstić information content (AvgIpc) is 2.56. The highest BCUT2D eigenvalue weighted by Gasteiger charge is 2.32. The standard InChI is InChI=1S/C18H22O3Si/c1-4-20-22(3,5-2)21-17-14-10-9-13-16(17)18(19)15-11-7-6-8-12-15/h6-14H,4-5H2,1-3H3/t22-/m1/s1. The monoisotopic (exact) mass is 314 g/mol. The summed E-state index contributed by atoms with van der Waals surface area (Å²) in [6.07, 6.45) is 0.